The number of halogens is 1. The van der Waals surface area contributed by atoms with E-state index in [1.165, 1.54) is 0 Å². The van der Waals surface area contributed by atoms with Crippen molar-refractivity contribution in [3.63, 3.8) is 0 Å². The maximum atomic E-state index is 11.1. The van der Waals surface area contributed by atoms with E-state index in [1.54, 1.807) is 19.1 Å². The third kappa shape index (κ3) is 3.48. The van der Waals surface area contributed by atoms with Crippen molar-refractivity contribution < 1.29 is 4.79 Å². The van der Waals surface area contributed by atoms with Gasteiger partial charge in [0.25, 0.3) is 0 Å². The fourth-order valence-electron chi connectivity index (χ4n) is 1.11. The van der Waals surface area contributed by atoms with Crippen molar-refractivity contribution in [1.29, 1.82) is 0 Å². The highest BCUT2D eigenvalue weighted by molar-refractivity contribution is 6.30. The Morgan fingerprint density at radius 2 is 1.80 bits per heavy atom. The Labute approximate surface area is 95.0 Å². The second-order valence-corrected chi connectivity index (χ2v) is 4.00. The summed E-state index contributed by atoms with van der Waals surface area (Å²) >= 11 is 5.76. The van der Waals surface area contributed by atoms with Crippen LogP contribution < -0.4 is 0 Å². The molecule has 80 valence electrons. The van der Waals surface area contributed by atoms with Crippen LogP contribution in [0.2, 0.25) is 5.02 Å². The number of hydrogen-bond donors (Lipinski definition) is 0. The summed E-state index contributed by atoms with van der Waals surface area (Å²) < 4.78 is 0. The van der Waals surface area contributed by atoms with Gasteiger partial charge >= 0.3 is 0 Å². The first-order valence-corrected chi connectivity index (χ1v) is 5.19. The number of aliphatic imine (C=N–C) groups is 1. The molecule has 0 heterocycles. The van der Waals surface area contributed by atoms with E-state index in [9.17, 15) is 4.79 Å². The summed E-state index contributed by atoms with van der Waals surface area (Å²) in [7, 11) is 0. The molecule has 0 amide bonds. The topological polar surface area (TPSA) is 29.4 Å². The van der Waals surface area contributed by atoms with Crippen molar-refractivity contribution in [3.8, 4) is 0 Å². The van der Waals surface area contributed by atoms with Crippen molar-refractivity contribution in [2.75, 3.05) is 0 Å². The van der Waals surface area contributed by atoms with E-state index in [2.05, 4.69) is 4.99 Å². The number of rotatable bonds is 3. The number of benzene rings is 1. The Balaban J connectivity index is 2.87. The molecule has 1 rings (SSSR count). The summed E-state index contributed by atoms with van der Waals surface area (Å²) in [6, 6.07) is 7.23. The predicted octanol–water partition coefficient (Wildman–Crippen LogP) is 3.66. The van der Waals surface area contributed by atoms with Crippen LogP contribution in [0.25, 0.3) is 0 Å². The Bertz CT molecular complexity index is 381. The average molecular weight is 224 g/mol. The lowest BCUT2D eigenvalue weighted by molar-refractivity contribution is -0.118. The summed E-state index contributed by atoms with van der Waals surface area (Å²) in [5.41, 5.74) is 1.65. The fraction of sp³-hybridized carbons (Fsp3) is 0.333. The van der Waals surface area contributed by atoms with E-state index < -0.39 is 0 Å². The van der Waals surface area contributed by atoms with Crippen molar-refractivity contribution in [3.05, 3.63) is 29.3 Å². The third-order valence-electron chi connectivity index (χ3n) is 2.37. The second-order valence-electron chi connectivity index (χ2n) is 3.56. The highest BCUT2D eigenvalue weighted by Gasteiger charge is 2.10. The summed E-state index contributed by atoms with van der Waals surface area (Å²) in [5.74, 6) is 0.00546. The van der Waals surface area contributed by atoms with Gasteiger partial charge in [0.1, 0.15) is 5.78 Å². The molecule has 1 unspecified atom stereocenters. The first-order chi connectivity index (χ1) is 7.00. The third-order valence-corrected chi connectivity index (χ3v) is 2.62. The molecule has 0 aliphatic rings. The molecule has 15 heavy (non-hydrogen) atoms. The van der Waals surface area contributed by atoms with Gasteiger partial charge in [-0.3, -0.25) is 9.79 Å². The number of hydrogen-bond acceptors (Lipinski definition) is 2. The van der Waals surface area contributed by atoms with E-state index >= 15 is 0 Å². The zero-order valence-electron chi connectivity index (χ0n) is 9.12. The monoisotopic (exact) mass is 223 g/mol. The molecule has 0 aliphatic carbocycles. The highest BCUT2D eigenvalue weighted by atomic mass is 35.5. The Morgan fingerprint density at radius 3 is 2.27 bits per heavy atom. The lowest BCUT2D eigenvalue weighted by Gasteiger charge is -2.06. The van der Waals surface area contributed by atoms with Crippen molar-refractivity contribution >= 4 is 28.8 Å². The van der Waals surface area contributed by atoms with Gasteiger partial charge < -0.3 is 0 Å². The molecule has 3 heteroatoms. The molecule has 0 saturated carbocycles. The maximum Gasteiger partial charge on any atom is 0.138 e. The summed E-state index contributed by atoms with van der Waals surface area (Å²) in [5, 5.41) is 0.686. The highest BCUT2D eigenvalue weighted by Crippen LogP contribution is 2.17. The Morgan fingerprint density at radius 1 is 1.27 bits per heavy atom. The van der Waals surface area contributed by atoms with Crippen LogP contribution in [0.1, 0.15) is 20.8 Å². The van der Waals surface area contributed by atoms with Crippen LogP contribution in [0.15, 0.2) is 29.3 Å². The number of carbonyl (C=O) groups excluding carboxylic acids is 1. The number of ketones is 1. The van der Waals surface area contributed by atoms with Crippen LogP contribution in [0.5, 0.6) is 0 Å². The number of nitrogens with zero attached hydrogens (tertiary/aromatic N) is 1. The van der Waals surface area contributed by atoms with E-state index in [0.29, 0.717) is 5.02 Å². The minimum Gasteiger partial charge on any atom is -0.299 e. The normalized spacial score (nSPS) is 13.7. The molecular weight excluding hydrogens is 210 g/mol. The zero-order valence-corrected chi connectivity index (χ0v) is 9.88. The van der Waals surface area contributed by atoms with Gasteiger partial charge in [0.15, 0.2) is 0 Å². The van der Waals surface area contributed by atoms with Crippen molar-refractivity contribution in [1.82, 2.24) is 0 Å². The number of Topliss-reactive ketones (excluding diaryl/α,β-unsaturated/α-hetero) is 1. The van der Waals surface area contributed by atoms with Gasteiger partial charge in [0.05, 0.1) is 11.6 Å². The Kier molecular flexibility index (Phi) is 4.04. The lowest BCUT2D eigenvalue weighted by Crippen LogP contribution is -2.15. The molecule has 0 aromatic heterocycles. The largest absolute Gasteiger partial charge is 0.299 e. The molecule has 2 nitrogen and oxygen atoms in total. The first-order valence-electron chi connectivity index (χ1n) is 4.82. The molecule has 0 aliphatic heterocycles. The molecule has 1 aromatic carbocycles. The average Bonchev–Trinajstić information content (AvgIpc) is 2.20. The fourth-order valence-corrected chi connectivity index (χ4v) is 1.24. The summed E-state index contributed by atoms with van der Waals surface area (Å²) in [4.78, 5) is 15.5. The van der Waals surface area contributed by atoms with Gasteiger partial charge in [-0.1, -0.05) is 18.5 Å². The zero-order chi connectivity index (χ0) is 11.4. The molecule has 0 fully saturated rings. The molecule has 1 atom stereocenters. The van der Waals surface area contributed by atoms with Crippen LogP contribution in [0.3, 0.4) is 0 Å². The maximum absolute atomic E-state index is 11.1. The second kappa shape index (κ2) is 5.08. The van der Waals surface area contributed by atoms with Gasteiger partial charge in [0, 0.05) is 10.7 Å². The van der Waals surface area contributed by atoms with E-state index in [4.69, 9.17) is 11.6 Å². The number of carbonyl (C=O) groups is 1. The first kappa shape index (κ1) is 11.9. The van der Waals surface area contributed by atoms with Crippen LogP contribution in [-0.4, -0.2) is 11.5 Å². The van der Waals surface area contributed by atoms with Gasteiger partial charge in [-0.25, -0.2) is 0 Å². The smallest absolute Gasteiger partial charge is 0.138 e. The van der Waals surface area contributed by atoms with E-state index in [-0.39, 0.29) is 11.7 Å². The standard InChI is InChI=1S/C12H14ClNO/c1-8(10(3)15)9(2)14-12-6-4-11(13)5-7-12/h4-8H,1-3H3. The summed E-state index contributed by atoms with van der Waals surface area (Å²) in [6.45, 7) is 5.29. The van der Waals surface area contributed by atoms with E-state index in [0.717, 1.165) is 11.4 Å². The molecule has 0 N–H and O–H groups in total. The van der Waals surface area contributed by atoms with Crippen molar-refractivity contribution in [2.45, 2.75) is 20.8 Å². The summed E-state index contributed by atoms with van der Waals surface area (Å²) in [6.07, 6.45) is 0. The van der Waals surface area contributed by atoms with Gasteiger partial charge in [0.2, 0.25) is 0 Å². The minimum atomic E-state index is -0.124. The molecule has 0 bridgehead atoms. The van der Waals surface area contributed by atoms with Crippen LogP contribution in [-0.2, 0) is 4.79 Å². The Hall–Kier alpha value is -1.15. The molecule has 1 aromatic rings. The van der Waals surface area contributed by atoms with Crippen LogP contribution >= 0.6 is 11.6 Å². The quantitative estimate of drug-likeness (QED) is 0.720. The predicted molar refractivity (Wildman–Crippen MR) is 64.1 cm³/mol. The molecule has 0 spiro atoms. The minimum absolute atomic E-state index is 0.124. The van der Waals surface area contributed by atoms with Gasteiger partial charge in [-0.2, -0.15) is 0 Å². The van der Waals surface area contributed by atoms with Gasteiger partial charge in [-0.05, 0) is 38.1 Å². The molecule has 0 radical (unpaired) electrons. The van der Waals surface area contributed by atoms with E-state index in [1.807, 2.05) is 26.0 Å². The molecular formula is C12H14ClNO. The molecule has 0 saturated heterocycles. The SMILES string of the molecule is CC(=O)C(C)C(C)=Nc1ccc(Cl)cc1. The van der Waals surface area contributed by atoms with Crippen LogP contribution in [0, 0.1) is 5.92 Å². The lowest BCUT2D eigenvalue weighted by atomic mass is 10.0. The van der Waals surface area contributed by atoms with Crippen LogP contribution in [0.4, 0.5) is 5.69 Å². The van der Waals surface area contributed by atoms with Gasteiger partial charge in [-0.15, -0.1) is 0 Å². The van der Waals surface area contributed by atoms with Crippen molar-refractivity contribution in [2.24, 2.45) is 10.9 Å².